The Morgan fingerprint density at radius 2 is 2.24 bits per heavy atom. The van der Waals surface area contributed by atoms with E-state index in [4.69, 9.17) is 0 Å². The fourth-order valence-electron chi connectivity index (χ4n) is 1.79. The molecule has 0 saturated carbocycles. The molecule has 17 heavy (non-hydrogen) atoms. The Morgan fingerprint density at radius 1 is 1.47 bits per heavy atom. The predicted molar refractivity (Wildman–Crippen MR) is 73.0 cm³/mol. The summed E-state index contributed by atoms with van der Waals surface area (Å²) in [4.78, 5) is 19.6. The molecule has 0 aliphatic rings. The van der Waals surface area contributed by atoms with E-state index in [1.807, 2.05) is 0 Å². The third-order valence-electron chi connectivity index (χ3n) is 3.18. The molecule has 2 heterocycles. The van der Waals surface area contributed by atoms with Gasteiger partial charge in [0.1, 0.15) is 0 Å². The molecule has 0 fully saturated rings. The van der Waals surface area contributed by atoms with Crippen molar-refractivity contribution in [3.8, 4) is 0 Å². The van der Waals surface area contributed by atoms with Crippen molar-refractivity contribution in [2.24, 2.45) is 0 Å². The zero-order valence-corrected chi connectivity index (χ0v) is 12.2. The third-order valence-corrected chi connectivity index (χ3v) is 5.19. The minimum absolute atomic E-state index is 0.163. The summed E-state index contributed by atoms with van der Waals surface area (Å²) in [5.74, 6) is 0. The van der Waals surface area contributed by atoms with E-state index in [-0.39, 0.29) is 5.43 Å². The van der Waals surface area contributed by atoms with Crippen LogP contribution in [-0.2, 0) is 6.42 Å². The first-order valence-corrected chi connectivity index (χ1v) is 7.72. The summed E-state index contributed by atoms with van der Waals surface area (Å²) >= 11 is 0.307. The Labute approximate surface area is 107 Å². The molecule has 0 spiro atoms. The van der Waals surface area contributed by atoms with Crippen LogP contribution in [0.15, 0.2) is 22.0 Å². The first kappa shape index (κ1) is 12.6. The molecule has 0 amide bonds. The fourth-order valence-corrected chi connectivity index (χ4v) is 3.84. The second-order valence-electron chi connectivity index (χ2n) is 4.63. The van der Waals surface area contributed by atoms with Crippen molar-refractivity contribution in [2.45, 2.75) is 26.3 Å². The molecule has 0 aliphatic carbocycles. The number of hydrogen-bond donors (Lipinski definition) is 1. The van der Waals surface area contributed by atoms with Gasteiger partial charge in [-0.05, 0) is 0 Å². The summed E-state index contributed by atoms with van der Waals surface area (Å²) in [6.07, 6.45) is 2.72. The Morgan fingerprint density at radius 3 is 2.94 bits per heavy atom. The molecular weight excluding hydrogens is 279 g/mol. The van der Waals surface area contributed by atoms with E-state index in [0.29, 0.717) is 20.5 Å². The van der Waals surface area contributed by atoms with Gasteiger partial charge in [-0.3, -0.25) is 0 Å². The molecule has 3 nitrogen and oxygen atoms in total. The molecule has 2 aromatic rings. The Kier molecular flexibility index (Phi) is 3.87. The van der Waals surface area contributed by atoms with E-state index in [2.05, 4.69) is 35.7 Å². The van der Waals surface area contributed by atoms with Crippen LogP contribution in [0.5, 0.6) is 0 Å². The quantitative estimate of drug-likeness (QED) is 0.868. The van der Waals surface area contributed by atoms with Gasteiger partial charge in [0.25, 0.3) is 0 Å². The van der Waals surface area contributed by atoms with Crippen LogP contribution < -0.4 is 5.43 Å². The topological polar surface area (TPSA) is 36.1 Å². The summed E-state index contributed by atoms with van der Waals surface area (Å²) < 4.78 is 1.13. The summed E-state index contributed by atoms with van der Waals surface area (Å²) in [7, 11) is 2.13. The second-order valence-corrected chi connectivity index (χ2v) is 6.48. The van der Waals surface area contributed by atoms with E-state index in [9.17, 15) is 4.79 Å². The molecule has 0 unspecified atom stereocenters. The average Bonchev–Trinajstić information content (AvgIpc) is 2.70. The number of likely N-dealkylation sites (N-methyl/N-ethyl adjacent to an activating group) is 1. The molecule has 0 bridgehead atoms. The zero-order valence-electron chi connectivity index (χ0n) is 10.5. The van der Waals surface area contributed by atoms with Crippen LogP contribution in [0.2, 0.25) is 0 Å². The number of aromatic amines is 1. The summed E-state index contributed by atoms with van der Waals surface area (Å²) in [6, 6.07) is 2.18. The standard InChI is InChI=1S/C13H18N2OSe/c1-9(2)15(3)7-5-10-8-17-13-12(10)11(16)4-6-14-13/h4,6,8-9H,5,7H2,1-3H3,(H,14,16). The van der Waals surface area contributed by atoms with Crippen LogP contribution >= 0.6 is 0 Å². The van der Waals surface area contributed by atoms with Gasteiger partial charge in [-0.25, -0.2) is 0 Å². The summed E-state index contributed by atoms with van der Waals surface area (Å²) in [6.45, 7) is 5.38. The van der Waals surface area contributed by atoms with Crippen LogP contribution in [-0.4, -0.2) is 44.0 Å². The van der Waals surface area contributed by atoms with Gasteiger partial charge < -0.3 is 0 Å². The van der Waals surface area contributed by atoms with Crippen molar-refractivity contribution in [1.82, 2.24) is 9.88 Å². The maximum atomic E-state index is 11.8. The van der Waals surface area contributed by atoms with Gasteiger partial charge in [-0.15, -0.1) is 0 Å². The monoisotopic (exact) mass is 298 g/mol. The van der Waals surface area contributed by atoms with Gasteiger partial charge in [0.2, 0.25) is 0 Å². The Bertz CT molecular complexity index is 556. The fraction of sp³-hybridized carbons (Fsp3) is 0.462. The van der Waals surface area contributed by atoms with Crippen LogP contribution in [0, 0.1) is 0 Å². The van der Waals surface area contributed by atoms with Crippen molar-refractivity contribution < 1.29 is 0 Å². The molecule has 92 valence electrons. The van der Waals surface area contributed by atoms with Gasteiger partial charge in [0.15, 0.2) is 0 Å². The van der Waals surface area contributed by atoms with Crippen LogP contribution in [0.25, 0.3) is 9.78 Å². The molecule has 4 heteroatoms. The van der Waals surface area contributed by atoms with Crippen molar-refractivity contribution in [3.63, 3.8) is 0 Å². The van der Waals surface area contributed by atoms with Gasteiger partial charge in [0.05, 0.1) is 0 Å². The molecule has 0 aliphatic heterocycles. The number of aromatic nitrogens is 1. The zero-order chi connectivity index (χ0) is 12.4. The average molecular weight is 297 g/mol. The van der Waals surface area contributed by atoms with E-state index >= 15 is 0 Å². The molecular formula is C13H18N2OSe. The molecule has 0 saturated heterocycles. The number of nitrogens with one attached hydrogen (secondary N) is 1. The van der Waals surface area contributed by atoms with Gasteiger partial charge in [0, 0.05) is 0 Å². The first-order chi connectivity index (χ1) is 8.09. The van der Waals surface area contributed by atoms with Gasteiger partial charge in [-0.2, -0.15) is 0 Å². The molecule has 0 atom stereocenters. The van der Waals surface area contributed by atoms with E-state index in [1.54, 1.807) is 12.3 Å². The predicted octanol–water partition coefficient (Wildman–Crippen LogP) is 1.47. The SMILES string of the molecule is CC(C)N(C)CCc1c[se]c2[nH]ccc(=O)c12. The third kappa shape index (κ3) is 2.71. The van der Waals surface area contributed by atoms with Crippen LogP contribution in [0.3, 0.4) is 0 Å². The minimum atomic E-state index is 0.163. The van der Waals surface area contributed by atoms with E-state index in [0.717, 1.165) is 22.7 Å². The van der Waals surface area contributed by atoms with E-state index in [1.165, 1.54) is 5.56 Å². The molecule has 0 aromatic carbocycles. The van der Waals surface area contributed by atoms with Crippen molar-refractivity contribution in [3.05, 3.63) is 33.0 Å². The molecule has 2 rings (SSSR count). The van der Waals surface area contributed by atoms with Crippen LogP contribution in [0.1, 0.15) is 19.4 Å². The van der Waals surface area contributed by atoms with Crippen LogP contribution in [0.4, 0.5) is 0 Å². The summed E-state index contributed by atoms with van der Waals surface area (Å²) in [5, 5.41) is 0.935. The molecule has 1 N–H and O–H groups in total. The normalized spacial score (nSPS) is 11.8. The number of H-pyrrole nitrogens is 1. The van der Waals surface area contributed by atoms with Gasteiger partial charge >= 0.3 is 107 Å². The maximum absolute atomic E-state index is 11.8. The van der Waals surface area contributed by atoms with E-state index < -0.39 is 0 Å². The number of rotatable bonds is 4. The Balaban J connectivity index is 2.22. The van der Waals surface area contributed by atoms with Crippen molar-refractivity contribution in [2.75, 3.05) is 13.6 Å². The molecule has 0 radical (unpaired) electrons. The second kappa shape index (κ2) is 5.21. The van der Waals surface area contributed by atoms with Crippen molar-refractivity contribution in [1.29, 1.82) is 0 Å². The first-order valence-electron chi connectivity index (χ1n) is 5.87. The number of pyridine rings is 1. The number of hydrogen-bond acceptors (Lipinski definition) is 2. The van der Waals surface area contributed by atoms with Crippen molar-refractivity contribution >= 4 is 24.3 Å². The Hall–Kier alpha value is -0.831. The number of nitrogens with zero attached hydrogens (tertiary/aromatic N) is 1. The number of fused-ring (bicyclic) bond motifs is 1. The van der Waals surface area contributed by atoms with Gasteiger partial charge in [-0.1, -0.05) is 0 Å². The summed E-state index contributed by atoms with van der Waals surface area (Å²) in [5.41, 5.74) is 1.39. The molecule has 2 aromatic heterocycles.